The minimum absolute atomic E-state index is 0.273. The predicted octanol–water partition coefficient (Wildman–Crippen LogP) is 4.76. The van der Waals surface area contributed by atoms with Gasteiger partial charge in [-0.25, -0.2) is 14.4 Å². The van der Waals surface area contributed by atoms with Crippen LogP contribution in [-0.4, -0.2) is 15.1 Å². The second-order valence-corrected chi connectivity index (χ2v) is 6.12. The van der Waals surface area contributed by atoms with Crippen LogP contribution in [0, 0.1) is 19.7 Å². The monoisotopic (exact) mass is 364 g/mol. The van der Waals surface area contributed by atoms with E-state index in [-0.39, 0.29) is 12.4 Å². The molecule has 0 radical (unpaired) electrons. The lowest BCUT2D eigenvalue weighted by Gasteiger charge is -2.10. The van der Waals surface area contributed by atoms with Gasteiger partial charge in [0.15, 0.2) is 5.76 Å². The predicted molar refractivity (Wildman–Crippen MR) is 98.4 cm³/mol. The molecule has 0 atom stereocenters. The molecule has 1 N–H and O–H groups in total. The fourth-order valence-corrected chi connectivity index (χ4v) is 2.79. The number of rotatable bonds is 5. The molecule has 0 unspecified atom stereocenters. The number of anilines is 1. The third kappa shape index (κ3) is 3.44. The maximum Gasteiger partial charge on any atom is 0.223 e. The van der Waals surface area contributed by atoms with Crippen LogP contribution in [0.2, 0.25) is 0 Å². The zero-order chi connectivity index (χ0) is 18.8. The zero-order valence-electron chi connectivity index (χ0n) is 14.9. The molecule has 0 fully saturated rings. The van der Waals surface area contributed by atoms with Crippen LogP contribution in [0.3, 0.4) is 0 Å². The lowest BCUT2D eigenvalue weighted by atomic mass is 10.1. The molecule has 4 rings (SSSR count). The second-order valence-electron chi connectivity index (χ2n) is 6.12. The number of halogens is 1. The molecule has 0 bridgehead atoms. The van der Waals surface area contributed by atoms with E-state index >= 15 is 0 Å². The molecule has 0 aliphatic rings. The number of aromatic nitrogens is 3. The lowest BCUT2D eigenvalue weighted by molar-refractivity contribution is 0.427. The first-order valence-electron chi connectivity index (χ1n) is 8.44. The van der Waals surface area contributed by atoms with Crippen LogP contribution >= 0.6 is 0 Å². The van der Waals surface area contributed by atoms with Gasteiger partial charge in [-0.3, -0.25) is 0 Å². The highest BCUT2D eigenvalue weighted by Gasteiger charge is 2.18. The summed E-state index contributed by atoms with van der Waals surface area (Å²) in [6.45, 7) is 3.98. The summed E-state index contributed by atoms with van der Waals surface area (Å²) in [5.41, 5.74) is 3.49. The number of furan rings is 1. The molecule has 0 spiro atoms. The van der Waals surface area contributed by atoms with Crippen molar-refractivity contribution in [2.24, 2.45) is 0 Å². The van der Waals surface area contributed by atoms with E-state index < -0.39 is 0 Å². The summed E-state index contributed by atoms with van der Waals surface area (Å²) in [5.74, 6) is 1.41. The van der Waals surface area contributed by atoms with Gasteiger partial charge >= 0.3 is 0 Å². The molecule has 6 nitrogen and oxygen atoms in total. The van der Waals surface area contributed by atoms with Crippen molar-refractivity contribution < 1.29 is 13.3 Å². The van der Waals surface area contributed by atoms with Gasteiger partial charge in [0.25, 0.3) is 0 Å². The summed E-state index contributed by atoms with van der Waals surface area (Å²) in [6.07, 6.45) is 3.27. The molecule has 136 valence electrons. The van der Waals surface area contributed by atoms with E-state index in [1.54, 1.807) is 30.7 Å². The largest absolute Gasteiger partial charge is 0.469 e. The van der Waals surface area contributed by atoms with Gasteiger partial charge in [-0.2, -0.15) is 0 Å². The van der Waals surface area contributed by atoms with Gasteiger partial charge < -0.3 is 14.3 Å². The van der Waals surface area contributed by atoms with Crippen LogP contribution in [0.1, 0.15) is 17.0 Å². The van der Waals surface area contributed by atoms with Crippen molar-refractivity contribution in [3.8, 4) is 22.6 Å². The van der Waals surface area contributed by atoms with Gasteiger partial charge in [0.05, 0.1) is 23.2 Å². The van der Waals surface area contributed by atoms with Crippen LogP contribution in [0.25, 0.3) is 22.6 Å². The molecule has 27 heavy (non-hydrogen) atoms. The molecule has 7 heteroatoms. The molecular formula is C20H17FN4O2. The number of hydrogen-bond acceptors (Lipinski definition) is 6. The van der Waals surface area contributed by atoms with Crippen LogP contribution in [0.4, 0.5) is 10.3 Å². The van der Waals surface area contributed by atoms with Gasteiger partial charge in [-0.1, -0.05) is 23.4 Å². The fourth-order valence-electron chi connectivity index (χ4n) is 2.79. The van der Waals surface area contributed by atoms with Gasteiger partial charge in [0.1, 0.15) is 11.6 Å². The first-order chi connectivity index (χ1) is 13.1. The van der Waals surface area contributed by atoms with Gasteiger partial charge in [-0.15, -0.1) is 0 Å². The number of benzene rings is 1. The van der Waals surface area contributed by atoms with Gasteiger partial charge in [0.2, 0.25) is 5.95 Å². The average Bonchev–Trinajstić information content (AvgIpc) is 3.29. The maximum atomic E-state index is 13.8. The Hall–Kier alpha value is -3.48. The Kier molecular flexibility index (Phi) is 4.42. The third-order valence-electron chi connectivity index (χ3n) is 4.19. The fraction of sp³-hybridized carbons (Fsp3) is 0.150. The first kappa shape index (κ1) is 17.0. The minimum atomic E-state index is -0.273. The van der Waals surface area contributed by atoms with E-state index in [0.717, 1.165) is 17.0 Å². The quantitative estimate of drug-likeness (QED) is 0.550. The number of nitrogens with zero attached hydrogens (tertiary/aromatic N) is 3. The van der Waals surface area contributed by atoms with E-state index in [0.29, 0.717) is 28.5 Å². The topological polar surface area (TPSA) is 77.0 Å². The molecule has 1 aromatic carbocycles. The Morgan fingerprint density at radius 3 is 2.67 bits per heavy atom. The van der Waals surface area contributed by atoms with E-state index in [9.17, 15) is 4.39 Å². The van der Waals surface area contributed by atoms with Crippen molar-refractivity contribution in [2.75, 3.05) is 5.32 Å². The highest BCUT2D eigenvalue weighted by Crippen LogP contribution is 2.33. The Morgan fingerprint density at radius 1 is 1.11 bits per heavy atom. The average molecular weight is 364 g/mol. The first-order valence-corrected chi connectivity index (χ1v) is 8.44. The third-order valence-corrected chi connectivity index (χ3v) is 4.19. The van der Waals surface area contributed by atoms with E-state index in [4.69, 9.17) is 8.94 Å². The van der Waals surface area contributed by atoms with Gasteiger partial charge in [0, 0.05) is 29.9 Å². The summed E-state index contributed by atoms with van der Waals surface area (Å²) in [4.78, 5) is 8.96. The lowest BCUT2D eigenvalue weighted by Crippen LogP contribution is -2.06. The summed E-state index contributed by atoms with van der Waals surface area (Å²) >= 11 is 0. The van der Waals surface area contributed by atoms with Crippen molar-refractivity contribution in [3.05, 3.63) is 71.7 Å². The number of aryl methyl sites for hydroxylation is 2. The Bertz CT molecular complexity index is 1090. The smallest absolute Gasteiger partial charge is 0.223 e. The summed E-state index contributed by atoms with van der Waals surface area (Å²) in [5, 5.41) is 7.00. The van der Waals surface area contributed by atoms with Crippen LogP contribution < -0.4 is 5.32 Å². The van der Waals surface area contributed by atoms with Crippen molar-refractivity contribution >= 4 is 5.95 Å². The van der Waals surface area contributed by atoms with E-state index in [2.05, 4.69) is 20.4 Å². The standard InChI is InChI=1S/C20H17FN4O2/c1-12-9-18(27-25-12)16-11-23-20(22-10-14-5-3-4-6-17(14)21)24-19(16)15-7-8-26-13(15)2/h3-9,11H,10H2,1-2H3,(H,22,23,24). The van der Waals surface area contributed by atoms with E-state index in [1.807, 2.05) is 26.0 Å². The normalized spacial score (nSPS) is 10.9. The number of nitrogens with one attached hydrogen (secondary N) is 1. The van der Waals surface area contributed by atoms with Crippen molar-refractivity contribution in [3.63, 3.8) is 0 Å². The molecule has 0 saturated carbocycles. The zero-order valence-corrected chi connectivity index (χ0v) is 14.9. The molecule has 3 aromatic heterocycles. The molecular weight excluding hydrogens is 347 g/mol. The number of hydrogen-bond donors (Lipinski definition) is 1. The minimum Gasteiger partial charge on any atom is -0.469 e. The summed E-state index contributed by atoms with van der Waals surface area (Å²) in [6, 6.07) is 10.2. The Balaban J connectivity index is 1.71. The molecule has 4 aromatic rings. The van der Waals surface area contributed by atoms with Crippen molar-refractivity contribution in [2.45, 2.75) is 20.4 Å². The SMILES string of the molecule is Cc1cc(-c2cnc(NCc3ccccc3F)nc2-c2ccoc2C)on1. The van der Waals surface area contributed by atoms with Gasteiger partial charge in [-0.05, 0) is 26.0 Å². The van der Waals surface area contributed by atoms with E-state index in [1.165, 1.54) is 6.07 Å². The Morgan fingerprint density at radius 2 is 1.96 bits per heavy atom. The summed E-state index contributed by atoms with van der Waals surface area (Å²) < 4.78 is 24.6. The summed E-state index contributed by atoms with van der Waals surface area (Å²) in [7, 11) is 0. The van der Waals surface area contributed by atoms with Crippen LogP contribution in [-0.2, 0) is 6.54 Å². The highest BCUT2D eigenvalue weighted by molar-refractivity contribution is 5.79. The molecule has 0 aliphatic carbocycles. The van der Waals surface area contributed by atoms with Crippen molar-refractivity contribution in [1.29, 1.82) is 0 Å². The molecule has 3 heterocycles. The molecule has 0 saturated heterocycles. The van der Waals surface area contributed by atoms with Crippen LogP contribution in [0.5, 0.6) is 0 Å². The van der Waals surface area contributed by atoms with Crippen LogP contribution in [0.15, 0.2) is 57.8 Å². The maximum absolute atomic E-state index is 13.8. The molecule has 0 amide bonds. The van der Waals surface area contributed by atoms with Crippen molar-refractivity contribution in [1.82, 2.24) is 15.1 Å². The molecule has 0 aliphatic heterocycles. The highest BCUT2D eigenvalue weighted by atomic mass is 19.1. The Labute approximate surface area is 155 Å². The second kappa shape index (κ2) is 7.03.